The lowest BCUT2D eigenvalue weighted by atomic mass is 9.98. The minimum atomic E-state index is 0. The fraction of sp³-hybridized carbons (Fsp3) is 0.632. The van der Waals surface area contributed by atoms with Gasteiger partial charge in [-0.3, -0.25) is 9.69 Å². The van der Waals surface area contributed by atoms with Crippen LogP contribution in [0.4, 0.5) is 0 Å². The maximum Gasteiger partial charge on any atom is 0.227 e. The lowest BCUT2D eigenvalue weighted by molar-refractivity contribution is -0.137. The van der Waals surface area contributed by atoms with E-state index in [1.807, 2.05) is 30.0 Å². The van der Waals surface area contributed by atoms with Gasteiger partial charge in [0.05, 0.1) is 5.92 Å². The quantitative estimate of drug-likeness (QED) is 0.767. The normalized spacial score (nSPS) is 20.4. The van der Waals surface area contributed by atoms with Crippen LogP contribution in [0.1, 0.15) is 18.4 Å². The van der Waals surface area contributed by atoms with Crippen LogP contribution in [-0.2, 0) is 4.79 Å². The molecule has 1 atom stereocenters. The highest BCUT2D eigenvalue weighted by molar-refractivity contribution is 6.30. The van der Waals surface area contributed by atoms with Gasteiger partial charge in [0.2, 0.25) is 5.91 Å². The van der Waals surface area contributed by atoms with Gasteiger partial charge in [0.1, 0.15) is 12.4 Å². The van der Waals surface area contributed by atoms with Crippen molar-refractivity contribution < 1.29 is 9.53 Å². The molecule has 1 unspecified atom stereocenters. The number of nitrogens with one attached hydrogen (secondary N) is 1. The number of hydrogen-bond acceptors (Lipinski definition) is 4. The van der Waals surface area contributed by atoms with Crippen molar-refractivity contribution in [1.82, 2.24) is 15.1 Å². The second-order valence-corrected chi connectivity index (χ2v) is 7.40. The van der Waals surface area contributed by atoms with E-state index in [1.165, 1.54) is 0 Å². The number of nitrogens with zero attached hydrogens (tertiary/aromatic N) is 2. The number of amides is 1. The molecule has 2 aliphatic heterocycles. The number of rotatable bonds is 5. The molecular formula is C19H30Cl3N3O2. The van der Waals surface area contributed by atoms with Gasteiger partial charge >= 0.3 is 0 Å². The van der Waals surface area contributed by atoms with Gasteiger partial charge in [0, 0.05) is 44.3 Å². The molecule has 0 aromatic heterocycles. The molecule has 2 aliphatic rings. The van der Waals surface area contributed by atoms with Crippen molar-refractivity contribution in [3.63, 3.8) is 0 Å². The fourth-order valence-corrected chi connectivity index (χ4v) is 3.80. The Morgan fingerprint density at radius 1 is 1.26 bits per heavy atom. The van der Waals surface area contributed by atoms with Gasteiger partial charge in [-0.1, -0.05) is 11.6 Å². The first-order valence-electron chi connectivity index (χ1n) is 9.24. The Kier molecular flexibility index (Phi) is 10.8. The van der Waals surface area contributed by atoms with Gasteiger partial charge < -0.3 is 15.0 Å². The number of carbonyl (C=O) groups is 1. The maximum absolute atomic E-state index is 12.6. The molecule has 27 heavy (non-hydrogen) atoms. The number of carbonyl (C=O) groups excluding carboxylic acids is 1. The smallest absolute Gasteiger partial charge is 0.227 e. The minimum Gasteiger partial charge on any atom is -0.492 e. The van der Waals surface area contributed by atoms with Crippen LogP contribution >= 0.6 is 36.4 Å². The first kappa shape index (κ1) is 24.3. The van der Waals surface area contributed by atoms with Crippen molar-refractivity contribution in [3.05, 3.63) is 28.8 Å². The number of piperidine rings is 1. The van der Waals surface area contributed by atoms with Crippen LogP contribution in [0.2, 0.25) is 5.02 Å². The molecule has 0 aliphatic carbocycles. The summed E-state index contributed by atoms with van der Waals surface area (Å²) in [6.45, 7) is 8.94. The van der Waals surface area contributed by atoms with Crippen molar-refractivity contribution in [1.29, 1.82) is 0 Å². The van der Waals surface area contributed by atoms with Gasteiger partial charge in [-0.2, -0.15) is 0 Å². The number of halogens is 3. The summed E-state index contributed by atoms with van der Waals surface area (Å²) in [6.07, 6.45) is 2.14. The molecule has 1 aromatic rings. The van der Waals surface area contributed by atoms with Gasteiger partial charge in [-0.15, -0.1) is 24.8 Å². The van der Waals surface area contributed by atoms with Crippen LogP contribution in [0.25, 0.3) is 0 Å². The molecule has 2 heterocycles. The summed E-state index contributed by atoms with van der Waals surface area (Å²) in [7, 11) is 0. The third-order valence-corrected chi connectivity index (χ3v) is 5.37. The maximum atomic E-state index is 12.6. The molecule has 2 saturated heterocycles. The van der Waals surface area contributed by atoms with Crippen LogP contribution in [0.5, 0.6) is 5.75 Å². The molecule has 0 spiro atoms. The number of benzene rings is 1. The summed E-state index contributed by atoms with van der Waals surface area (Å²) in [5.74, 6) is 1.40. The summed E-state index contributed by atoms with van der Waals surface area (Å²) in [6, 6.07) is 5.70. The lowest BCUT2D eigenvalue weighted by Gasteiger charge is -2.37. The van der Waals surface area contributed by atoms with Crippen molar-refractivity contribution >= 4 is 42.3 Å². The molecule has 0 bridgehead atoms. The first-order valence-corrected chi connectivity index (χ1v) is 9.62. The van der Waals surface area contributed by atoms with E-state index in [-0.39, 0.29) is 30.7 Å². The first-order chi connectivity index (χ1) is 12.1. The molecule has 5 nitrogen and oxygen atoms in total. The number of hydrogen-bond donors (Lipinski definition) is 1. The zero-order valence-corrected chi connectivity index (χ0v) is 18.2. The highest BCUT2D eigenvalue weighted by atomic mass is 35.5. The SMILES string of the molecule is Cc1cc(Cl)ccc1OCCN1CCN(C(=O)C2CCCNC2)CC1.Cl.Cl. The fourth-order valence-electron chi connectivity index (χ4n) is 3.57. The Morgan fingerprint density at radius 3 is 2.63 bits per heavy atom. The van der Waals surface area contributed by atoms with E-state index in [0.29, 0.717) is 12.5 Å². The van der Waals surface area contributed by atoms with Crippen molar-refractivity contribution in [2.24, 2.45) is 5.92 Å². The highest BCUT2D eigenvalue weighted by Gasteiger charge is 2.28. The Balaban J connectivity index is 0.00000182. The molecule has 0 saturated carbocycles. The van der Waals surface area contributed by atoms with Gasteiger partial charge in [0.25, 0.3) is 0 Å². The van der Waals surface area contributed by atoms with Crippen molar-refractivity contribution in [2.75, 3.05) is 52.4 Å². The Morgan fingerprint density at radius 2 is 2.00 bits per heavy atom. The topological polar surface area (TPSA) is 44.8 Å². The van der Waals surface area contributed by atoms with E-state index < -0.39 is 0 Å². The Bertz CT molecular complexity index is 590. The van der Waals surface area contributed by atoms with Crippen LogP contribution in [0.3, 0.4) is 0 Å². The monoisotopic (exact) mass is 437 g/mol. The number of piperazine rings is 1. The standard InChI is InChI=1S/C19H28ClN3O2.2ClH/c1-15-13-17(20)4-5-18(15)25-12-11-22-7-9-23(10-8-22)19(24)16-3-2-6-21-14-16;;/h4-5,13,16,21H,2-3,6-12,14H2,1H3;2*1H. The van der Waals surface area contributed by atoms with Crippen LogP contribution in [0.15, 0.2) is 18.2 Å². The van der Waals surface area contributed by atoms with Gasteiger partial charge in [0.15, 0.2) is 0 Å². The van der Waals surface area contributed by atoms with E-state index in [0.717, 1.165) is 75.0 Å². The zero-order valence-electron chi connectivity index (χ0n) is 15.8. The number of aryl methyl sites for hydroxylation is 1. The Hall–Kier alpha value is -0.720. The van der Waals surface area contributed by atoms with E-state index >= 15 is 0 Å². The third-order valence-electron chi connectivity index (χ3n) is 5.13. The molecule has 0 radical (unpaired) electrons. The predicted octanol–water partition coefficient (Wildman–Crippen LogP) is 3.01. The second kappa shape index (κ2) is 12.0. The lowest BCUT2D eigenvalue weighted by Crippen LogP contribution is -2.52. The highest BCUT2D eigenvalue weighted by Crippen LogP contribution is 2.21. The van der Waals surface area contributed by atoms with Gasteiger partial charge in [-0.25, -0.2) is 0 Å². The van der Waals surface area contributed by atoms with Crippen molar-refractivity contribution in [3.8, 4) is 5.75 Å². The minimum absolute atomic E-state index is 0. The van der Waals surface area contributed by atoms with E-state index in [1.54, 1.807) is 0 Å². The molecule has 2 fully saturated rings. The Labute approximate surface area is 179 Å². The molecule has 154 valence electrons. The number of ether oxygens (including phenoxy) is 1. The van der Waals surface area contributed by atoms with Gasteiger partial charge in [-0.05, 0) is 50.1 Å². The third kappa shape index (κ3) is 6.99. The van der Waals surface area contributed by atoms with E-state index in [4.69, 9.17) is 16.3 Å². The average Bonchev–Trinajstić information content (AvgIpc) is 2.64. The summed E-state index contributed by atoms with van der Waals surface area (Å²) in [5.41, 5.74) is 1.06. The van der Waals surface area contributed by atoms with E-state index in [9.17, 15) is 4.79 Å². The van der Waals surface area contributed by atoms with Crippen LogP contribution in [0, 0.1) is 12.8 Å². The van der Waals surface area contributed by atoms with Crippen LogP contribution in [-0.4, -0.2) is 68.1 Å². The molecule has 1 amide bonds. The second-order valence-electron chi connectivity index (χ2n) is 6.97. The summed E-state index contributed by atoms with van der Waals surface area (Å²) in [5, 5.41) is 4.07. The molecule has 1 aromatic carbocycles. The molecular weight excluding hydrogens is 409 g/mol. The molecule has 3 rings (SSSR count). The summed E-state index contributed by atoms with van der Waals surface area (Å²) >= 11 is 5.97. The average molecular weight is 439 g/mol. The largest absolute Gasteiger partial charge is 0.492 e. The van der Waals surface area contributed by atoms with Crippen molar-refractivity contribution in [2.45, 2.75) is 19.8 Å². The van der Waals surface area contributed by atoms with E-state index in [2.05, 4.69) is 10.2 Å². The summed E-state index contributed by atoms with van der Waals surface area (Å²) in [4.78, 5) is 17.0. The zero-order chi connectivity index (χ0) is 17.6. The predicted molar refractivity (Wildman–Crippen MR) is 115 cm³/mol. The summed E-state index contributed by atoms with van der Waals surface area (Å²) < 4.78 is 5.87. The molecule has 8 heteroatoms. The van der Waals surface area contributed by atoms with Crippen LogP contribution < -0.4 is 10.1 Å². The molecule has 1 N–H and O–H groups in total.